The zero-order valence-electron chi connectivity index (χ0n) is 8.76. The molecule has 0 amide bonds. The highest BCUT2D eigenvalue weighted by Gasteiger charge is 2.13. The highest BCUT2D eigenvalue weighted by atomic mass is 19.1. The van der Waals surface area contributed by atoms with Gasteiger partial charge >= 0.3 is 0 Å². The largest absolute Gasteiger partial charge is 0.309 e. The number of hydrogen-bond acceptors (Lipinski definition) is 4. The summed E-state index contributed by atoms with van der Waals surface area (Å²) in [4.78, 5) is 11.7. The molecule has 0 fully saturated rings. The topological polar surface area (TPSA) is 50.7 Å². The van der Waals surface area contributed by atoms with Crippen LogP contribution in [0.2, 0.25) is 0 Å². The summed E-state index contributed by atoms with van der Waals surface area (Å²) in [7, 11) is 1.79. The molecule has 0 spiro atoms. The number of pyridine rings is 1. The lowest BCUT2D eigenvalue weighted by atomic mass is 10.0. The highest BCUT2D eigenvalue weighted by molar-refractivity contribution is 5.26. The predicted octanol–water partition coefficient (Wildman–Crippen LogP) is 1.32. The van der Waals surface area contributed by atoms with Gasteiger partial charge in [0.1, 0.15) is 12.1 Å². The van der Waals surface area contributed by atoms with Crippen LogP contribution in [0.1, 0.15) is 17.2 Å². The fourth-order valence-corrected chi connectivity index (χ4v) is 1.57. The van der Waals surface area contributed by atoms with E-state index in [1.165, 1.54) is 18.6 Å². The average Bonchev–Trinajstić information content (AvgIpc) is 2.31. The smallest absolute Gasteiger partial charge is 0.141 e. The van der Waals surface area contributed by atoms with Gasteiger partial charge < -0.3 is 5.32 Å². The molecular formula is C11H11FN4. The molecule has 1 N–H and O–H groups in total. The molecule has 5 heteroatoms. The lowest BCUT2D eigenvalue weighted by molar-refractivity contribution is 0.608. The summed E-state index contributed by atoms with van der Waals surface area (Å²) >= 11 is 0. The van der Waals surface area contributed by atoms with E-state index in [2.05, 4.69) is 20.3 Å². The summed E-state index contributed by atoms with van der Waals surface area (Å²) < 4.78 is 13.1. The number of halogens is 1. The van der Waals surface area contributed by atoms with Crippen LogP contribution in [0, 0.1) is 5.82 Å². The van der Waals surface area contributed by atoms with Gasteiger partial charge in [0.15, 0.2) is 0 Å². The number of nitrogens with zero attached hydrogens (tertiary/aromatic N) is 3. The minimum absolute atomic E-state index is 0.149. The third kappa shape index (κ3) is 2.20. The molecule has 2 rings (SSSR count). The van der Waals surface area contributed by atoms with E-state index < -0.39 is 0 Å². The molecule has 82 valence electrons. The van der Waals surface area contributed by atoms with Crippen LogP contribution in [0.5, 0.6) is 0 Å². The van der Waals surface area contributed by atoms with Crippen LogP contribution >= 0.6 is 0 Å². The van der Waals surface area contributed by atoms with E-state index in [-0.39, 0.29) is 11.9 Å². The van der Waals surface area contributed by atoms with Crippen molar-refractivity contribution >= 4 is 0 Å². The molecule has 2 aromatic rings. The van der Waals surface area contributed by atoms with Gasteiger partial charge in [0, 0.05) is 24.2 Å². The molecule has 0 radical (unpaired) electrons. The van der Waals surface area contributed by atoms with Crippen molar-refractivity contribution in [1.82, 2.24) is 20.3 Å². The first-order chi connectivity index (χ1) is 7.81. The maximum atomic E-state index is 13.1. The van der Waals surface area contributed by atoms with E-state index in [9.17, 15) is 4.39 Å². The van der Waals surface area contributed by atoms with Gasteiger partial charge in [-0.05, 0) is 18.7 Å². The number of nitrogens with one attached hydrogen (secondary N) is 1. The Morgan fingerprint density at radius 2 is 1.75 bits per heavy atom. The van der Waals surface area contributed by atoms with Gasteiger partial charge in [-0.15, -0.1) is 0 Å². The molecule has 2 aromatic heterocycles. The van der Waals surface area contributed by atoms with E-state index in [4.69, 9.17) is 0 Å². The Morgan fingerprint density at radius 3 is 2.38 bits per heavy atom. The van der Waals surface area contributed by atoms with Gasteiger partial charge in [0.05, 0.1) is 12.2 Å². The van der Waals surface area contributed by atoms with E-state index in [0.717, 1.165) is 11.1 Å². The summed E-state index contributed by atoms with van der Waals surface area (Å²) in [5.41, 5.74) is 1.62. The second kappa shape index (κ2) is 4.76. The van der Waals surface area contributed by atoms with Gasteiger partial charge in [-0.3, -0.25) is 4.98 Å². The van der Waals surface area contributed by atoms with Crippen LogP contribution in [0.3, 0.4) is 0 Å². The molecule has 1 unspecified atom stereocenters. The minimum atomic E-state index is -0.352. The number of rotatable bonds is 3. The molecule has 0 saturated carbocycles. The van der Waals surface area contributed by atoms with Crippen molar-refractivity contribution in [2.24, 2.45) is 0 Å². The second-order valence-corrected chi connectivity index (χ2v) is 3.33. The Morgan fingerprint density at radius 1 is 1.06 bits per heavy atom. The highest BCUT2D eigenvalue weighted by Crippen LogP contribution is 2.19. The Labute approximate surface area is 92.6 Å². The molecule has 0 aliphatic rings. The van der Waals surface area contributed by atoms with Crippen molar-refractivity contribution in [3.05, 3.63) is 54.1 Å². The third-order valence-corrected chi connectivity index (χ3v) is 2.26. The predicted molar refractivity (Wildman–Crippen MR) is 57.1 cm³/mol. The molecule has 1 atom stereocenters. The summed E-state index contributed by atoms with van der Waals surface area (Å²) in [6, 6.07) is 1.30. The molecular weight excluding hydrogens is 207 g/mol. The minimum Gasteiger partial charge on any atom is -0.309 e. The van der Waals surface area contributed by atoms with Crippen molar-refractivity contribution in [2.45, 2.75) is 6.04 Å². The molecule has 2 heterocycles. The van der Waals surface area contributed by atoms with Crippen molar-refractivity contribution < 1.29 is 4.39 Å². The Bertz CT molecular complexity index is 461. The zero-order valence-corrected chi connectivity index (χ0v) is 8.76. The molecule has 0 bridgehead atoms. The van der Waals surface area contributed by atoms with Crippen molar-refractivity contribution in [3.8, 4) is 0 Å². The normalized spacial score (nSPS) is 12.4. The quantitative estimate of drug-likeness (QED) is 0.844. The van der Waals surface area contributed by atoms with E-state index in [1.54, 1.807) is 25.6 Å². The van der Waals surface area contributed by atoms with Crippen molar-refractivity contribution in [1.29, 1.82) is 0 Å². The third-order valence-electron chi connectivity index (χ3n) is 2.26. The van der Waals surface area contributed by atoms with Crippen LogP contribution in [-0.2, 0) is 0 Å². The summed E-state index contributed by atoms with van der Waals surface area (Å²) in [6.07, 6.45) is 7.65. The van der Waals surface area contributed by atoms with Gasteiger partial charge in [-0.2, -0.15) is 0 Å². The number of hydrogen-bond donors (Lipinski definition) is 1. The maximum Gasteiger partial charge on any atom is 0.141 e. The van der Waals surface area contributed by atoms with Crippen LogP contribution in [0.15, 0.2) is 37.2 Å². The fraction of sp³-hybridized carbons (Fsp3) is 0.182. The Kier molecular flexibility index (Phi) is 3.16. The fourth-order valence-electron chi connectivity index (χ4n) is 1.57. The first kappa shape index (κ1) is 10.6. The molecule has 4 nitrogen and oxygen atoms in total. The molecule has 0 aliphatic carbocycles. The molecule has 0 aliphatic heterocycles. The Balaban J connectivity index is 2.37. The van der Waals surface area contributed by atoms with Crippen LogP contribution in [-0.4, -0.2) is 22.0 Å². The molecule has 16 heavy (non-hydrogen) atoms. The van der Waals surface area contributed by atoms with Crippen LogP contribution in [0.25, 0.3) is 0 Å². The standard InChI is InChI=1S/C11H11FN4/c1-13-11(9-4-15-7-16-5-9)8-2-10(12)6-14-3-8/h2-7,11,13H,1H3. The SMILES string of the molecule is CNC(c1cncnc1)c1cncc(F)c1. The molecule has 0 saturated heterocycles. The maximum absolute atomic E-state index is 13.1. The van der Waals surface area contributed by atoms with Gasteiger partial charge in [-0.1, -0.05) is 0 Å². The van der Waals surface area contributed by atoms with Gasteiger partial charge in [0.25, 0.3) is 0 Å². The summed E-state index contributed by atoms with van der Waals surface area (Å²) in [5, 5.41) is 3.08. The van der Waals surface area contributed by atoms with Crippen molar-refractivity contribution in [3.63, 3.8) is 0 Å². The number of aromatic nitrogens is 3. The van der Waals surface area contributed by atoms with E-state index in [0.29, 0.717) is 0 Å². The monoisotopic (exact) mass is 218 g/mol. The average molecular weight is 218 g/mol. The van der Waals surface area contributed by atoms with Crippen LogP contribution in [0.4, 0.5) is 4.39 Å². The second-order valence-electron chi connectivity index (χ2n) is 3.33. The summed E-state index contributed by atoms with van der Waals surface area (Å²) in [6.45, 7) is 0. The van der Waals surface area contributed by atoms with E-state index in [1.807, 2.05) is 0 Å². The first-order valence-corrected chi connectivity index (χ1v) is 4.84. The zero-order chi connectivity index (χ0) is 11.4. The van der Waals surface area contributed by atoms with Crippen molar-refractivity contribution in [2.75, 3.05) is 7.05 Å². The Hall–Kier alpha value is -1.88. The lowest BCUT2D eigenvalue weighted by Gasteiger charge is -2.15. The first-order valence-electron chi connectivity index (χ1n) is 4.84. The van der Waals surface area contributed by atoms with Crippen LogP contribution < -0.4 is 5.32 Å². The van der Waals surface area contributed by atoms with Gasteiger partial charge in [-0.25, -0.2) is 14.4 Å². The van der Waals surface area contributed by atoms with E-state index >= 15 is 0 Å². The summed E-state index contributed by atoms with van der Waals surface area (Å²) in [5.74, 6) is -0.352. The van der Waals surface area contributed by atoms with Gasteiger partial charge in [0.2, 0.25) is 0 Å². The molecule has 0 aromatic carbocycles. The lowest BCUT2D eigenvalue weighted by Crippen LogP contribution is -2.18.